The number of amides is 1. The van der Waals surface area contributed by atoms with Crippen LogP contribution >= 0.6 is 11.3 Å². The van der Waals surface area contributed by atoms with Crippen LogP contribution < -0.4 is 5.32 Å². The number of nitrogens with one attached hydrogen (secondary N) is 1. The van der Waals surface area contributed by atoms with Gasteiger partial charge in [0.15, 0.2) is 22.9 Å². The third kappa shape index (κ3) is 5.79. The minimum Gasteiger partial charge on any atom is -0.449 e. The number of ether oxygens (including phenoxy) is 1. The Labute approximate surface area is 184 Å². The number of halogens is 2. The smallest absolute Gasteiger partial charge is 0.331 e. The van der Waals surface area contributed by atoms with Gasteiger partial charge in [0.25, 0.3) is 11.6 Å². The molecular weight excluding hydrogens is 444 g/mol. The van der Waals surface area contributed by atoms with Gasteiger partial charge < -0.3 is 4.74 Å². The summed E-state index contributed by atoms with van der Waals surface area (Å²) < 4.78 is 31.5. The van der Waals surface area contributed by atoms with Gasteiger partial charge in [-0.25, -0.2) is 18.6 Å². The average Bonchev–Trinajstić information content (AvgIpc) is 3.22. The van der Waals surface area contributed by atoms with Gasteiger partial charge in [-0.1, -0.05) is 0 Å². The van der Waals surface area contributed by atoms with Gasteiger partial charge >= 0.3 is 5.97 Å². The van der Waals surface area contributed by atoms with Crippen molar-refractivity contribution in [3.63, 3.8) is 0 Å². The maximum atomic E-state index is 13.4. The average molecular weight is 459 g/mol. The zero-order valence-corrected chi connectivity index (χ0v) is 17.3. The second kappa shape index (κ2) is 9.88. The highest BCUT2D eigenvalue weighted by Gasteiger charge is 2.18. The SMILES string of the molecule is C[C@H](OC(=O)/C=C/c1ccc([N+](=O)[O-])cc1)C(=O)Nc1nc(-c2ccc(F)c(F)c2)cs1. The number of esters is 1. The highest BCUT2D eigenvalue weighted by molar-refractivity contribution is 7.14. The number of benzene rings is 2. The summed E-state index contributed by atoms with van der Waals surface area (Å²) in [6.07, 6.45) is 1.35. The van der Waals surface area contributed by atoms with Crippen molar-refractivity contribution < 1.29 is 28.0 Å². The molecule has 0 unspecified atom stereocenters. The number of aromatic nitrogens is 1. The Bertz CT molecular complexity index is 1190. The molecule has 0 aliphatic heterocycles. The van der Waals surface area contributed by atoms with Gasteiger partial charge in [0, 0.05) is 29.2 Å². The Hall–Kier alpha value is -3.99. The number of hydrogen-bond donors (Lipinski definition) is 1. The summed E-state index contributed by atoms with van der Waals surface area (Å²) in [5, 5.41) is 14.9. The molecule has 164 valence electrons. The van der Waals surface area contributed by atoms with Crippen molar-refractivity contribution in [1.82, 2.24) is 4.98 Å². The molecule has 0 aliphatic carbocycles. The van der Waals surface area contributed by atoms with Crippen molar-refractivity contribution in [2.45, 2.75) is 13.0 Å². The van der Waals surface area contributed by atoms with Crippen LogP contribution in [0.5, 0.6) is 0 Å². The zero-order chi connectivity index (χ0) is 23.3. The molecule has 1 heterocycles. The molecule has 0 aliphatic rings. The van der Waals surface area contributed by atoms with Crippen LogP contribution in [0.3, 0.4) is 0 Å². The van der Waals surface area contributed by atoms with Gasteiger partial charge in [-0.15, -0.1) is 11.3 Å². The number of nitrogens with zero attached hydrogens (tertiary/aromatic N) is 2. The van der Waals surface area contributed by atoms with Crippen molar-refractivity contribution in [3.8, 4) is 11.3 Å². The van der Waals surface area contributed by atoms with Crippen LogP contribution in [0.1, 0.15) is 12.5 Å². The molecule has 0 radical (unpaired) electrons. The lowest BCUT2D eigenvalue weighted by Crippen LogP contribution is -2.29. The van der Waals surface area contributed by atoms with Crippen LogP contribution in [-0.2, 0) is 14.3 Å². The summed E-state index contributed by atoms with van der Waals surface area (Å²) in [7, 11) is 0. The molecule has 0 spiro atoms. The van der Waals surface area contributed by atoms with Gasteiger partial charge in [0.1, 0.15) is 0 Å². The minimum absolute atomic E-state index is 0.0788. The number of nitro groups is 1. The highest BCUT2D eigenvalue weighted by Crippen LogP contribution is 2.26. The fourth-order valence-electron chi connectivity index (χ4n) is 2.46. The Morgan fingerprint density at radius 3 is 2.56 bits per heavy atom. The molecule has 0 saturated heterocycles. The predicted octanol–water partition coefficient (Wildman–Crippen LogP) is 4.58. The number of thiazole rings is 1. The molecule has 1 N–H and O–H groups in total. The molecule has 1 aromatic heterocycles. The first kappa shape index (κ1) is 22.7. The lowest BCUT2D eigenvalue weighted by molar-refractivity contribution is -0.384. The van der Waals surface area contributed by atoms with E-state index in [1.165, 1.54) is 43.3 Å². The van der Waals surface area contributed by atoms with Crippen molar-refractivity contribution >= 4 is 40.1 Å². The van der Waals surface area contributed by atoms with Crippen molar-refractivity contribution in [3.05, 3.63) is 81.2 Å². The minimum atomic E-state index is -1.14. The van der Waals surface area contributed by atoms with E-state index in [0.717, 1.165) is 29.5 Å². The molecule has 0 fully saturated rings. The second-order valence-electron chi connectivity index (χ2n) is 6.42. The molecule has 1 amide bonds. The molecule has 1 atom stereocenters. The fourth-order valence-corrected chi connectivity index (χ4v) is 3.19. The van der Waals surface area contributed by atoms with E-state index in [9.17, 15) is 28.5 Å². The van der Waals surface area contributed by atoms with Crippen molar-refractivity contribution in [2.75, 3.05) is 5.32 Å². The summed E-state index contributed by atoms with van der Waals surface area (Å²) in [5.74, 6) is -3.40. The van der Waals surface area contributed by atoms with Crippen LogP contribution in [0.4, 0.5) is 19.6 Å². The van der Waals surface area contributed by atoms with Crippen molar-refractivity contribution in [2.24, 2.45) is 0 Å². The maximum Gasteiger partial charge on any atom is 0.331 e. The number of rotatable bonds is 7. The van der Waals surface area contributed by atoms with Crippen molar-refractivity contribution in [1.29, 1.82) is 0 Å². The molecule has 0 bridgehead atoms. The quantitative estimate of drug-likeness (QED) is 0.240. The first-order chi connectivity index (χ1) is 15.2. The van der Waals surface area contributed by atoms with E-state index in [2.05, 4.69) is 10.3 Å². The molecule has 3 rings (SSSR count). The standard InChI is InChI=1S/C21H15F2N3O5S/c1-12(31-19(27)9-4-13-2-6-15(7-3-13)26(29)30)20(28)25-21-24-18(11-32-21)14-5-8-16(22)17(23)10-14/h2-12H,1H3,(H,24,25,28)/b9-4+/t12-/m0/s1. The van der Waals surface area contributed by atoms with E-state index in [4.69, 9.17) is 4.74 Å². The normalized spacial score (nSPS) is 11.8. The van der Waals surface area contributed by atoms with Crippen LogP contribution in [0.2, 0.25) is 0 Å². The molecule has 11 heteroatoms. The summed E-state index contributed by atoms with van der Waals surface area (Å²) in [4.78, 5) is 38.4. The Morgan fingerprint density at radius 1 is 1.19 bits per heavy atom. The first-order valence-corrected chi connectivity index (χ1v) is 9.96. The van der Waals surface area contributed by atoms with Gasteiger partial charge in [0.2, 0.25) is 0 Å². The summed E-state index contributed by atoms with van der Waals surface area (Å²) in [6, 6.07) is 8.86. The fraction of sp³-hybridized carbons (Fsp3) is 0.0952. The van der Waals surface area contributed by atoms with Crippen LogP contribution in [0.15, 0.2) is 53.9 Å². The second-order valence-corrected chi connectivity index (χ2v) is 7.28. The van der Waals surface area contributed by atoms with E-state index in [1.54, 1.807) is 5.38 Å². The number of carbonyl (C=O) groups is 2. The Balaban J connectivity index is 1.55. The van der Waals surface area contributed by atoms with Crippen LogP contribution in [0.25, 0.3) is 17.3 Å². The number of non-ortho nitro benzene ring substituents is 1. The monoisotopic (exact) mass is 459 g/mol. The lowest BCUT2D eigenvalue weighted by atomic mass is 10.2. The van der Waals surface area contributed by atoms with Gasteiger partial charge in [-0.3, -0.25) is 20.2 Å². The summed E-state index contributed by atoms with van der Waals surface area (Å²) >= 11 is 1.07. The summed E-state index contributed by atoms with van der Waals surface area (Å²) in [5.41, 5.74) is 1.15. The third-order valence-electron chi connectivity index (χ3n) is 4.13. The van der Waals surface area contributed by atoms with E-state index in [1.807, 2.05) is 0 Å². The molecule has 2 aromatic carbocycles. The number of hydrogen-bond acceptors (Lipinski definition) is 7. The molecular formula is C21H15F2N3O5S. The topological polar surface area (TPSA) is 111 Å². The zero-order valence-electron chi connectivity index (χ0n) is 16.5. The summed E-state index contributed by atoms with van der Waals surface area (Å²) in [6.45, 7) is 1.37. The van der Waals surface area contributed by atoms with Gasteiger partial charge in [-0.05, 0) is 48.9 Å². The number of nitro benzene ring substituents is 1. The Morgan fingerprint density at radius 2 is 1.91 bits per heavy atom. The molecule has 8 nitrogen and oxygen atoms in total. The van der Waals surface area contributed by atoms with E-state index in [-0.39, 0.29) is 10.8 Å². The van der Waals surface area contributed by atoms with E-state index >= 15 is 0 Å². The van der Waals surface area contributed by atoms with E-state index < -0.39 is 34.5 Å². The molecule has 32 heavy (non-hydrogen) atoms. The first-order valence-electron chi connectivity index (χ1n) is 9.08. The molecule has 3 aromatic rings. The molecule has 0 saturated carbocycles. The number of carbonyl (C=O) groups excluding carboxylic acids is 2. The van der Waals surface area contributed by atoms with Crippen LogP contribution in [0, 0.1) is 21.7 Å². The van der Waals surface area contributed by atoms with Gasteiger partial charge in [-0.2, -0.15) is 0 Å². The maximum absolute atomic E-state index is 13.4. The number of anilines is 1. The van der Waals surface area contributed by atoms with Gasteiger partial charge in [0.05, 0.1) is 10.6 Å². The highest BCUT2D eigenvalue weighted by atomic mass is 32.1. The van der Waals surface area contributed by atoms with Crippen LogP contribution in [-0.4, -0.2) is 27.9 Å². The largest absolute Gasteiger partial charge is 0.449 e. The predicted molar refractivity (Wildman–Crippen MR) is 114 cm³/mol. The lowest BCUT2D eigenvalue weighted by Gasteiger charge is -2.10. The Kier molecular flexibility index (Phi) is 7.00. The third-order valence-corrected chi connectivity index (χ3v) is 4.89. The van der Waals surface area contributed by atoms with E-state index in [0.29, 0.717) is 16.8 Å².